The first-order valence-electron chi connectivity index (χ1n) is 20.3. The number of para-hydroxylation sites is 1. The molecule has 58 heavy (non-hydrogen) atoms. The lowest BCUT2D eigenvalue weighted by Gasteiger charge is -2.30. The summed E-state index contributed by atoms with van der Waals surface area (Å²) in [6, 6.07) is 78.1. The zero-order valence-electron chi connectivity index (χ0n) is 32.7. The highest BCUT2D eigenvalue weighted by Crippen LogP contribution is 2.52. The van der Waals surface area contributed by atoms with Gasteiger partial charge >= 0.3 is 0 Å². The summed E-state index contributed by atoms with van der Waals surface area (Å²) < 4.78 is 0. The summed E-state index contributed by atoms with van der Waals surface area (Å²) in [5.74, 6) is 0. The van der Waals surface area contributed by atoms with Gasteiger partial charge in [-0.1, -0.05) is 190 Å². The van der Waals surface area contributed by atoms with Crippen molar-refractivity contribution < 1.29 is 0 Å². The molecule has 0 N–H and O–H groups in total. The Morgan fingerprint density at radius 1 is 0.293 bits per heavy atom. The highest BCUT2D eigenvalue weighted by molar-refractivity contribution is 6.25. The van der Waals surface area contributed by atoms with Crippen LogP contribution in [0.4, 0.5) is 17.1 Å². The predicted octanol–water partition coefficient (Wildman–Crippen LogP) is 15.9. The molecule has 0 bridgehead atoms. The van der Waals surface area contributed by atoms with Crippen molar-refractivity contribution in [2.24, 2.45) is 0 Å². The third-order valence-corrected chi connectivity index (χ3v) is 12.5. The van der Waals surface area contributed by atoms with E-state index in [-0.39, 0.29) is 5.41 Å². The second-order valence-corrected chi connectivity index (χ2v) is 16.1. The van der Waals surface area contributed by atoms with Crippen molar-refractivity contribution in [2.45, 2.75) is 19.3 Å². The fourth-order valence-electron chi connectivity index (χ4n) is 9.52. The molecule has 11 rings (SSSR count). The Labute approximate surface area is 340 Å². The van der Waals surface area contributed by atoms with Crippen molar-refractivity contribution in [3.05, 3.63) is 223 Å². The fourth-order valence-corrected chi connectivity index (χ4v) is 9.52. The molecule has 10 aromatic carbocycles. The molecule has 0 saturated carbocycles. The fraction of sp³-hybridized carbons (Fsp3) is 0.0526. The summed E-state index contributed by atoms with van der Waals surface area (Å²) in [5, 5.41) is 7.64. The quantitative estimate of drug-likeness (QED) is 0.154. The standard InChI is InChI=1S/C57H41N/c1-57(2)54-35-42(40-27-25-39(26-28-40)38-15-5-3-6-16-38)29-32-51(54)52-34-31-44(37-55(52)57)58(56-24-14-13-19-45(56)41-17-7-4-8-18-41)43-30-33-50-48-22-10-9-20-46(48)47-21-11-12-23-49(47)53(50)36-43/h3-37H,1-2H3. The van der Waals surface area contributed by atoms with E-state index in [4.69, 9.17) is 0 Å². The molecule has 0 radical (unpaired) electrons. The number of fused-ring (bicyclic) bond motifs is 9. The molecule has 1 nitrogen and oxygen atoms in total. The molecule has 10 aromatic rings. The van der Waals surface area contributed by atoms with Crippen molar-refractivity contribution in [1.29, 1.82) is 0 Å². The van der Waals surface area contributed by atoms with E-state index in [2.05, 4.69) is 231 Å². The SMILES string of the molecule is CC1(C)c2cc(-c3ccc(-c4ccccc4)cc3)ccc2-c2ccc(N(c3ccc4c5ccccc5c5ccccc5c4c3)c3ccccc3-c3ccccc3)cc21. The molecule has 0 saturated heterocycles. The van der Waals surface area contributed by atoms with Gasteiger partial charge in [0.05, 0.1) is 5.69 Å². The molecule has 0 fully saturated rings. The van der Waals surface area contributed by atoms with Crippen molar-refractivity contribution >= 4 is 49.4 Å². The number of hydrogen-bond acceptors (Lipinski definition) is 1. The van der Waals surface area contributed by atoms with Crippen LogP contribution < -0.4 is 4.90 Å². The molecule has 0 unspecified atom stereocenters. The molecule has 0 aliphatic heterocycles. The molecular formula is C57H41N. The lowest BCUT2D eigenvalue weighted by Crippen LogP contribution is -2.17. The van der Waals surface area contributed by atoms with E-state index in [9.17, 15) is 0 Å². The van der Waals surface area contributed by atoms with E-state index in [0.29, 0.717) is 0 Å². The minimum atomic E-state index is -0.205. The van der Waals surface area contributed by atoms with Gasteiger partial charge < -0.3 is 4.90 Å². The Bertz CT molecular complexity index is 3140. The van der Waals surface area contributed by atoms with E-state index in [1.54, 1.807) is 0 Å². The zero-order chi connectivity index (χ0) is 38.8. The Morgan fingerprint density at radius 2 is 0.724 bits per heavy atom. The monoisotopic (exact) mass is 739 g/mol. The number of hydrogen-bond donors (Lipinski definition) is 0. The smallest absolute Gasteiger partial charge is 0.0540 e. The van der Waals surface area contributed by atoms with Gasteiger partial charge in [-0.25, -0.2) is 0 Å². The average molecular weight is 740 g/mol. The second kappa shape index (κ2) is 13.5. The van der Waals surface area contributed by atoms with Crippen molar-refractivity contribution in [3.8, 4) is 44.5 Å². The molecule has 0 heterocycles. The van der Waals surface area contributed by atoms with Gasteiger partial charge in [0.1, 0.15) is 0 Å². The lowest BCUT2D eigenvalue weighted by atomic mass is 9.81. The van der Waals surface area contributed by atoms with Crippen LogP contribution in [0.1, 0.15) is 25.0 Å². The third kappa shape index (κ3) is 5.46. The average Bonchev–Trinajstić information content (AvgIpc) is 3.52. The normalized spacial score (nSPS) is 12.8. The Kier molecular flexibility index (Phi) is 7.91. The maximum Gasteiger partial charge on any atom is 0.0540 e. The molecule has 0 atom stereocenters. The Morgan fingerprint density at radius 3 is 1.38 bits per heavy atom. The lowest BCUT2D eigenvalue weighted by molar-refractivity contribution is 0.660. The molecule has 1 aliphatic rings. The molecule has 274 valence electrons. The van der Waals surface area contributed by atoms with Gasteiger partial charge in [0, 0.05) is 22.4 Å². The molecule has 1 aliphatic carbocycles. The highest BCUT2D eigenvalue weighted by atomic mass is 15.1. The van der Waals surface area contributed by atoms with Crippen LogP contribution in [0.5, 0.6) is 0 Å². The van der Waals surface area contributed by atoms with Crippen LogP contribution in [0, 0.1) is 0 Å². The van der Waals surface area contributed by atoms with Crippen LogP contribution in [0.15, 0.2) is 212 Å². The predicted molar refractivity (Wildman–Crippen MR) is 248 cm³/mol. The van der Waals surface area contributed by atoms with Gasteiger partial charge in [-0.2, -0.15) is 0 Å². The maximum atomic E-state index is 2.48. The van der Waals surface area contributed by atoms with Gasteiger partial charge in [-0.05, 0) is 119 Å². The summed E-state index contributed by atoms with van der Waals surface area (Å²) in [4.78, 5) is 2.48. The second-order valence-electron chi connectivity index (χ2n) is 16.1. The van der Waals surface area contributed by atoms with E-state index >= 15 is 0 Å². The first kappa shape index (κ1) is 34.1. The van der Waals surface area contributed by atoms with Crippen LogP contribution in [0.3, 0.4) is 0 Å². The third-order valence-electron chi connectivity index (χ3n) is 12.5. The summed E-state index contributed by atoms with van der Waals surface area (Å²) in [5.41, 5.74) is 15.9. The molecule has 0 amide bonds. The molecule has 1 heteroatoms. The van der Waals surface area contributed by atoms with Crippen molar-refractivity contribution in [2.75, 3.05) is 4.90 Å². The largest absolute Gasteiger partial charge is 0.310 e. The summed E-state index contributed by atoms with van der Waals surface area (Å²) >= 11 is 0. The van der Waals surface area contributed by atoms with Crippen molar-refractivity contribution in [3.63, 3.8) is 0 Å². The van der Waals surface area contributed by atoms with Crippen LogP contribution in [0.2, 0.25) is 0 Å². The minimum absolute atomic E-state index is 0.205. The Hall–Kier alpha value is -7.22. The zero-order valence-corrected chi connectivity index (χ0v) is 32.7. The van der Waals surface area contributed by atoms with Crippen molar-refractivity contribution in [1.82, 2.24) is 0 Å². The van der Waals surface area contributed by atoms with E-state index in [1.807, 2.05) is 0 Å². The first-order chi connectivity index (χ1) is 28.5. The van der Waals surface area contributed by atoms with Gasteiger partial charge in [0.25, 0.3) is 0 Å². The first-order valence-corrected chi connectivity index (χ1v) is 20.3. The maximum absolute atomic E-state index is 2.48. The van der Waals surface area contributed by atoms with Gasteiger partial charge in [0.2, 0.25) is 0 Å². The summed E-state index contributed by atoms with van der Waals surface area (Å²) in [6.07, 6.45) is 0. The van der Waals surface area contributed by atoms with E-state index in [1.165, 1.54) is 88.0 Å². The van der Waals surface area contributed by atoms with E-state index in [0.717, 1.165) is 17.1 Å². The topological polar surface area (TPSA) is 3.24 Å². The van der Waals surface area contributed by atoms with Crippen LogP contribution >= 0.6 is 0 Å². The van der Waals surface area contributed by atoms with Crippen LogP contribution in [-0.4, -0.2) is 0 Å². The van der Waals surface area contributed by atoms with Crippen LogP contribution in [0.25, 0.3) is 76.8 Å². The van der Waals surface area contributed by atoms with Gasteiger partial charge in [-0.3, -0.25) is 0 Å². The number of benzene rings is 10. The van der Waals surface area contributed by atoms with Gasteiger partial charge in [0.15, 0.2) is 0 Å². The van der Waals surface area contributed by atoms with Gasteiger partial charge in [-0.15, -0.1) is 0 Å². The summed E-state index contributed by atoms with van der Waals surface area (Å²) in [6.45, 7) is 4.78. The number of rotatable bonds is 6. The molecule has 0 spiro atoms. The minimum Gasteiger partial charge on any atom is -0.310 e. The molecular weight excluding hydrogens is 699 g/mol. The van der Waals surface area contributed by atoms with E-state index < -0.39 is 0 Å². The van der Waals surface area contributed by atoms with Crippen LogP contribution in [-0.2, 0) is 5.41 Å². The number of nitrogens with zero attached hydrogens (tertiary/aromatic N) is 1. The highest BCUT2D eigenvalue weighted by Gasteiger charge is 2.36. The summed E-state index contributed by atoms with van der Waals surface area (Å²) in [7, 11) is 0. The molecule has 0 aromatic heterocycles. The Balaban J connectivity index is 1.07. The number of anilines is 3.